The standard InChI is InChI=1S/C23H23F6N3O3/c24-22(25,26)21(35,23(27,28)29)17-8-6-15(7-9-17)20(34)31-18-5-3-4-16(14-18)19(33)30-10-13-32-11-1-2-12-32/h3-9,14,35H,1-2,10-13H2,(H,30,33)(H,31,34). The number of carbonyl (C=O) groups excluding carboxylic acids is 2. The van der Waals surface area contributed by atoms with Crippen molar-refractivity contribution in [3.63, 3.8) is 0 Å². The molecule has 3 N–H and O–H groups in total. The largest absolute Gasteiger partial charge is 0.430 e. The molecule has 1 heterocycles. The molecule has 0 unspecified atom stereocenters. The van der Waals surface area contributed by atoms with E-state index in [0.29, 0.717) is 18.7 Å². The van der Waals surface area contributed by atoms with E-state index in [-0.39, 0.29) is 22.7 Å². The summed E-state index contributed by atoms with van der Waals surface area (Å²) < 4.78 is 78.0. The van der Waals surface area contributed by atoms with Crippen LogP contribution in [0.25, 0.3) is 0 Å². The Bertz CT molecular complexity index is 1030. The van der Waals surface area contributed by atoms with Gasteiger partial charge in [-0.2, -0.15) is 26.3 Å². The Morgan fingerprint density at radius 3 is 2.03 bits per heavy atom. The van der Waals surface area contributed by atoms with Crippen molar-refractivity contribution < 1.29 is 41.0 Å². The summed E-state index contributed by atoms with van der Waals surface area (Å²) in [5.74, 6) is -1.19. The Kier molecular flexibility index (Phi) is 7.75. The predicted molar refractivity (Wildman–Crippen MR) is 115 cm³/mol. The van der Waals surface area contributed by atoms with Crippen LogP contribution in [0.4, 0.5) is 32.0 Å². The van der Waals surface area contributed by atoms with E-state index in [1.807, 2.05) is 0 Å². The highest BCUT2D eigenvalue weighted by atomic mass is 19.4. The van der Waals surface area contributed by atoms with Gasteiger partial charge >= 0.3 is 12.4 Å². The van der Waals surface area contributed by atoms with Crippen molar-refractivity contribution >= 4 is 17.5 Å². The van der Waals surface area contributed by atoms with Gasteiger partial charge in [0.15, 0.2) is 0 Å². The van der Waals surface area contributed by atoms with Crippen LogP contribution in [0.5, 0.6) is 0 Å². The van der Waals surface area contributed by atoms with Gasteiger partial charge in [-0.25, -0.2) is 0 Å². The first kappa shape index (κ1) is 26.5. The van der Waals surface area contributed by atoms with E-state index in [9.17, 15) is 41.0 Å². The predicted octanol–water partition coefficient (Wildman–Crippen LogP) is 4.08. The molecule has 1 aliphatic heterocycles. The molecule has 0 atom stereocenters. The molecule has 190 valence electrons. The fourth-order valence-electron chi connectivity index (χ4n) is 3.73. The molecule has 12 heteroatoms. The van der Waals surface area contributed by atoms with Gasteiger partial charge in [0.25, 0.3) is 17.4 Å². The molecule has 0 bridgehead atoms. The minimum atomic E-state index is -6.02. The van der Waals surface area contributed by atoms with Crippen LogP contribution in [0.3, 0.4) is 0 Å². The summed E-state index contributed by atoms with van der Waals surface area (Å²) in [6.45, 7) is 3.15. The summed E-state index contributed by atoms with van der Waals surface area (Å²) in [6, 6.07) is 8.17. The second kappa shape index (κ2) is 10.2. The lowest BCUT2D eigenvalue weighted by atomic mass is 9.91. The Hall–Kier alpha value is -3.12. The summed E-state index contributed by atoms with van der Waals surface area (Å²) in [4.78, 5) is 27.0. The van der Waals surface area contributed by atoms with Crippen LogP contribution in [0.15, 0.2) is 48.5 Å². The molecule has 0 aliphatic carbocycles. The van der Waals surface area contributed by atoms with E-state index in [1.165, 1.54) is 24.3 Å². The number of nitrogens with one attached hydrogen (secondary N) is 2. The van der Waals surface area contributed by atoms with Gasteiger partial charge in [0.2, 0.25) is 0 Å². The van der Waals surface area contributed by atoms with Gasteiger partial charge in [0.1, 0.15) is 0 Å². The van der Waals surface area contributed by atoms with Crippen LogP contribution in [-0.2, 0) is 5.60 Å². The number of anilines is 1. The molecule has 2 aromatic carbocycles. The van der Waals surface area contributed by atoms with Crippen molar-refractivity contribution in [3.8, 4) is 0 Å². The smallest absolute Gasteiger partial charge is 0.369 e. The lowest BCUT2D eigenvalue weighted by Crippen LogP contribution is -2.53. The summed E-state index contributed by atoms with van der Waals surface area (Å²) in [5.41, 5.74) is -6.33. The Labute approximate surface area is 196 Å². The van der Waals surface area contributed by atoms with Crippen molar-refractivity contribution in [2.24, 2.45) is 0 Å². The number of aliphatic hydroxyl groups is 1. The van der Waals surface area contributed by atoms with Crippen LogP contribution >= 0.6 is 0 Å². The maximum atomic E-state index is 13.0. The molecule has 2 amide bonds. The molecule has 0 saturated carbocycles. The number of likely N-dealkylation sites (tertiary alicyclic amines) is 1. The summed E-state index contributed by atoms with van der Waals surface area (Å²) >= 11 is 0. The first-order valence-electron chi connectivity index (χ1n) is 10.7. The molecule has 1 saturated heterocycles. The highest BCUT2D eigenvalue weighted by molar-refractivity contribution is 6.05. The van der Waals surface area contributed by atoms with E-state index in [0.717, 1.165) is 44.6 Å². The maximum absolute atomic E-state index is 13.0. The number of rotatable bonds is 7. The average Bonchev–Trinajstić information content (AvgIpc) is 3.31. The van der Waals surface area contributed by atoms with Crippen LogP contribution in [0.2, 0.25) is 0 Å². The molecule has 1 fully saturated rings. The number of alkyl halides is 6. The normalized spacial score (nSPS) is 15.2. The second-order valence-electron chi connectivity index (χ2n) is 8.12. The van der Waals surface area contributed by atoms with E-state index in [1.54, 1.807) is 0 Å². The number of hydrogen-bond donors (Lipinski definition) is 3. The van der Waals surface area contributed by atoms with Crippen LogP contribution < -0.4 is 10.6 Å². The van der Waals surface area contributed by atoms with Gasteiger partial charge in [-0.1, -0.05) is 18.2 Å². The molecule has 1 aliphatic rings. The van der Waals surface area contributed by atoms with Crippen molar-refractivity contribution in [2.45, 2.75) is 30.8 Å². The van der Waals surface area contributed by atoms with Gasteiger partial charge < -0.3 is 20.6 Å². The lowest BCUT2D eigenvalue weighted by Gasteiger charge is -2.32. The number of hydrogen-bond acceptors (Lipinski definition) is 4. The minimum absolute atomic E-state index is 0.202. The van der Waals surface area contributed by atoms with Gasteiger partial charge in [-0.05, 0) is 56.3 Å². The van der Waals surface area contributed by atoms with E-state index in [2.05, 4.69) is 15.5 Å². The summed E-state index contributed by atoms with van der Waals surface area (Å²) in [5, 5.41) is 14.7. The third-order valence-electron chi connectivity index (χ3n) is 5.68. The van der Waals surface area contributed by atoms with E-state index in [4.69, 9.17) is 0 Å². The van der Waals surface area contributed by atoms with Crippen LogP contribution in [0, 0.1) is 0 Å². The number of halogens is 6. The second-order valence-corrected chi connectivity index (χ2v) is 8.12. The van der Waals surface area contributed by atoms with Gasteiger partial charge in [-0.3, -0.25) is 9.59 Å². The lowest BCUT2D eigenvalue weighted by molar-refractivity contribution is -0.376. The molecule has 2 aromatic rings. The monoisotopic (exact) mass is 503 g/mol. The summed E-state index contributed by atoms with van der Waals surface area (Å²) in [7, 11) is 0. The molecule has 0 radical (unpaired) electrons. The Balaban J connectivity index is 1.66. The van der Waals surface area contributed by atoms with Gasteiger partial charge in [-0.15, -0.1) is 0 Å². The molecule has 35 heavy (non-hydrogen) atoms. The number of amides is 2. The molecular formula is C23H23F6N3O3. The molecule has 0 aromatic heterocycles. The maximum Gasteiger partial charge on any atom is 0.430 e. The first-order valence-corrected chi connectivity index (χ1v) is 10.7. The molecular weight excluding hydrogens is 480 g/mol. The van der Waals surface area contributed by atoms with Crippen molar-refractivity contribution in [3.05, 3.63) is 65.2 Å². The minimum Gasteiger partial charge on any atom is -0.369 e. The first-order chi connectivity index (χ1) is 16.3. The number of nitrogens with zero attached hydrogens (tertiary/aromatic N) is 1. The topological polar surface area (TPSA) is 81.7 Å². The molecule has 0 spiro atoms. The SMILES string of the molecule is O=C(NCCN1CCCC1)c1cccc(NC(=O)c2ccc(C(O)(C(F)(F)F)C(F)(F)F)cc2)c1. The van der Waals surface area contributed by atoms with Gasteiger partial charge in [0.05, 0.1) is 0 Å². The molecule has 6 nitrogen and oxygen atoms in total. The number of carbonyl (C=O) groups is 2. The van der Waals surface area contributed by atoms with Gasteiger partial charge in [0, 0.05) is 35.5 Å². The highest BCUT2D eigenvalue weighted by Gasteiger charge is 2.71. The third-order valence-corrected chi connectivity index (χ3v) is 5.68. The van der Waals surface area contributed by atoms with Crippen molar-refractivity contribution in [1.29, 1.82) is 0 Å². The van der Waals surface area contributed by atoms with E-state index < -0.39 is 29.4 Å². The number of benzene rings is 2. The zero-order chi connectivity index (χ0) is 25.9. The highest BCUT2D eigenvalue weighted by Crippen LogP contribution is 2.49. The zero-order valence-electron chi connectivity index (χ0n) is 18.3. The quantitative estimate of drug-likeness (QED) is 0.498. The van der Waals surface area contributed by atoms with Crippen molar-refractivity contribution in [2.75, 3.05) is 31.5 Å². The Morgan fingerprint density at radius 2 is 1.46 bits per heavy atom. The summed E-state index contributed by atoms with van der Waals surface area (Å²) in [6.07, 6.45) is -9.79. The average molecular weight is 503 g/mol. The van der Waals surface area contributed by atoms with E-state index >= 15 is 0 Å². The fourth-order valence-corrected chi connectivity index (χ4v) is 3.73. The third kappa shape index (κ3) is 5.93. The fraction of sp³-hybridized carbons (Fsp3) is 0.391. The Morgan fingerprint density at radius 1 is 0.857 bits per heavy atom. The van der Waals surface area contributed by atoms with Crippen molar-refractivity contribution in [1.82, 2.24) is 10.2 Å². The molecule has 3 rings (SSSR count). The zero-order valence-corrected chi connectivity index (χ0v) is 18.3. The van der Waals surface area contributed by atoms with Crippen LogP contribution in [-0.4, -0.2) is 60.4 Å². The van der Waals surface area contributed by atoms with Crippen LogP contribution in [0.1, 0.15) is 39.1 Å².